The van der Waals surface area contributed by atoms with E-state index >= 15 is 0 Å². The Morgan fingerprint density at radius 2 is 2.11 bits per heavy atom. The molecule has 28 heavy (non-hydrogen) atoms. The van der Waals surface area contributed by atoms with E-state index in [1.807, 2.05) is 0 Å². The fourth-order valence-corrected chi connectivity index (χ4v) is 3.39. The Morgan fingerprint density at radius 1 is 1.32 bits per heavy atom. The van der Waals surface area contributed by atoms with Crippen LogP contribution in [0.1, 0.15) is 5.56 Å². The van der Waals surface area contributed by atoms with Gasteiger partial charge in [-0.25, -0.2) is 9.98 Å². The van der Waals surface area contributed by atoms with Crippen molar-refractivity contribution in [1.82, 2.24) is 4.98 Å². The second kappa shape index (κ2) is 8.27. The Morgan fingerprint density at radius 3 is 2.82 bits per heavy atom. The monoisotopic (exact) mass is 431 g/mol. The Hall–Kier alpha value is -2.46. The lowest BCUT2D eigenvalue weighted by atomic mass is 10.2. The molecule has 0 fully saturated rings. The van der Waals surface area contributed by atoms with Gasteiger partial charge in [0.2, 0.25) is 5.91 Å². The summed E-state index contributed by atoms with van der Waals surface area (Å²) in [5, 5.41) is 3.73. The van der Waals surface area contributed by atoms with Crippen molar-refractivity contribution in [3.63, 3.8) is 0 Å². The first kappa shape index (κ1) is 20.3. The number of rotatable bonds is 5. The van der Waals surface area contributed by atoms with E-state index in [9.17, 15) is 18.0 Å². The van der Waals surface area contributed by atoms with Gasteiger partial charge in [-0.2, -0.15) is 0 Å². The Kier molecular flexibility index (Phi) is 5.99. The van der Waals surface area contributed by atoms with Crippen LogP contribution in [0.3, 0.4) is 0 Å². The van der Waals surface area contributed by atoms with Gasteiger partial charge in [0.25, 0.3) is 0 Å². The molecule has 0 saturated heterocycles. The van der Waals surface area contributed by atoms with Gasteiger partial charge in [-0.3, -0.25) is 4.79 Å². The molecular formula is C17H13ClF3N3O3S. The third-order valence-electron chi connectivity index (χ3n) is 3.56. The summed E-state index contributed by atoms with van der Waals surface area (Å²) >= 11 is 7.10. The first-order valence-corrected chi connectivity index (χ1v) is 9.18. The topological polar surface area (TPSA) is 72.8 Å². The van der Waals surface area contributed by atoms with Gasteiger partial charge in [-0.15, -0.1) is 24.9 Å². The third kappa shape index (κ3) is 5.29. The zero-order valence-corrected chi connectivity index (χ0v) is 15.9. The maximum absolute atomic E-state index is 12.4. The third-order valence-corrected chi connectivity index (χ3v) is 4.74. The number of ether oxygens (including phenoxy) is 2. The van der Waals surface area contributed by atoms with Crippen molar-refractivity contribution >= 4 is 45.7 Å². The summed E-state index contributed by atoms with van der Waals surface area (Å²) in [6.45, 7) is 0. The normalized spacial score (nSPS) is 13.0. The van der Waals surface area contributed by atoms with Crippen molar-refractivity contribution < 1.29 is 27.4 Å². The van der Waals surface area contributed by atoms with Gasteiger partial charge in [0, 0.05) is 18.2 Å². The predicted molar refractivity (Wildman–Crippen MR) is 101 cm³/mol. The van der Waals surface area contributed by atoms with Gasteiger partial charge in [0.05, 0.1) is 29.8 Å². The number of nitrogens with one attached hydrogen (secondary N) is 1. The Balaban J connectivity index is 1.57. The Bertz CT molecular complexity index is 938. The van der Waals surface area contributed by atoms with Crippen molar-refractivity contribution in [3.05, 3.63) is 41.2 Å². The number of methoxy groups -OCH3 is 1. The van der Waals surface area contributed by atoms with E-state index in [2.05, 4.69) is 20.0 Å². The van der Waals surface area contributed by atoms with Crippen LogP contribution < -0.4 is 14.8 Å². The number of hydrogen-bond donors (Lipinski definition) is 1. The highest BCUT2D eigenvalue weighted by Gasteiger charge is 2.32. The highest BCUT2D eigenvalue weighted by Crippen LogP contribution is 2.34. The number of thioether (sulfide) groups is 1. The van der Waals surface area contributed by atoms with E-state index in [1.165, 1.54) is 31.0 Å². The average Bonchev–Trinajstić information content (AvgIpc) is 3.02. The predicted octanol–water partition coefficient (Wildman–Crippen LogP) is 4.60. The zero-order valence-electron chi connectivity index (χ0n) is 14.3. The average molecular weight is 432 g/mol. The van der Waals surface area contributed by atoms with Crippen LogP contribution in [-0.4, -0.2) is 35.2 Å². The second-order valence-electron chi connectivity index (χ2n) is 5.57. The lowest BCUT2D eigenvalue weighted by Gasteiger charge is -2.14. The molecular weight excluding hydrogens is 419 g/mol. The van der Waals surface area contributed by atoms with E-state index in [1.54, 1.807) is 12.3 Å². The largest absolute Gasteiger partial charge is 0.573 e. The van der Waals surface area contributed by atoms with Crippen molar-refractivity contribution in [2.24, 2.45) is 4.99 Å². The van der Waals surface area contributed by atoms with Crippen LogP contribution in [0.25, 0.3) is 0 Å². The lowest BCUT2D eigenvalue weighted by Crippen LogP contribution is -2.18. The molecule has 1 aliphatic heterocycles. The molecule has 0 saturated carbocycles. The minimum absolute atomic E-state index is 0.0805. The number of pyridine rings is 1. The molecule has 1 aromatic carbocycles. The molecule has 1 N–H and O–H groups in total. The van der Waals surface area contributed by atoms with Crippen LogP contribution in [0.2, 0.25) is 5.15 Å². The number of benzene rings is 1. The van der Waals surface area contributed by atoms with Crippen molar-refractivity contribution in [1.29, 1.82) is 0 Å². The van der Waals surface area contributed by atoms with Gasteiger partial charge in [-0.1, -0.05) is 11.6 Å². The second-order valence-corrected chi connectivity index (χ2v) is 7.00. The molecule has 0 bridgehead atoms. The van der Waals surface area contributed by atoms with Gasteiger partial charge in [-0.05, 0) is 23.8 Å². The summed E-state index contributed by atoms with van der Waals surface area (Å²) in [5.74, 6) is -0.904. The number of anilines is 1. The molecule has 6 nitrogen and oxygen atoms in total. The fraction of sp³-hybridized carbons (Fsp3) is 0.235. The number of carbonyl (C=O) groups excluding carboxylic acids is 1. The number of carbonyl (C=O) groups is 1. The van der Waals surface area contributed by atoms with Crippen LogP contribution in [0.4, 0.5) is 24.5 Å². The smallest absolute Gasteiger partial charge is 0.493 e. The first-order chi connectivity index (χ1) is 13.2. The summed E-state index contributed by atoms with van der Waals surface area (Å²) in [5.41, 5.74) is 1.94. The number of halogens is 4. The van der Waals surface area contributed by atoms with E-state index in [0.29, 0.717) is 11.6 Å². The summed E-state index contributed by atoms with van der Waals surface area (Å²) in [4.78, 5) is 20.5. The summed E-state index contributed by atoms with van der Waals surface area (Å²) in [6.07, 6.45) is -2.71. The molecule has 0 aliphatic carbocycles. The molecule has 11 heteroatoms. The van der Waals surface area contributed by atoms with E-state index in [-0.39, 0.29) is 23.1 Å². The number of nitrogens with zero attached hydrogens (tertiary/aromatic N) is 2. The van der Waals surface area contributed by atoms with Crippen molar-refractivity contribution in [2.45, 2.75) is 12.8 Å². The summed E-state index contributed by atoms with van der Waals surface area (Å²) in [6, 6.07) is 5.34. The van der Waals surface area contributed by atoms with Crippen LogP contribution >= 0.6 is 23.4 Å². The number of hydrogen-bond acceptors (Lipinski definition) is 6. The lowest BCUT2D eigenvalue weighted by molar-refractivity contribution is -0.275. The molecule has 0 atom stereocenters. The number of aliphatic imine (C=N–C) groups is 1. The Labute approximate surface area is 167 Å². The van der Waals surface area contributed by atoms with Crippen molar-refractivity contribution in [2.75, 3.05) is 18.2 Å². The molecule has 0 spiro atoms. The van der Waals surface area contributed by atoms with Gasteiger partial charge >= 0.3 is 6.36 Å². The number of alkyl halides is 3. The van der Waals surface area contributed by atoms with Gasteiger partial charge in [0.15, 0.2) is 11.5 Å². The van der Waals surface area contributed by atoms with E-state index in [0.717, 1.165) is 22.4 Å². The van der Waals surface area contributed by atoms with Gasteiger partial charge < -0.3 is 14.8 Å². The molecule has 0 radical (unpaired) electrons. The molecule has 148 valence electrons. The highest BCUT2D eigenvalue weighted by atomic mass is 35.5. The van der Waals surface area contributed by atoms with Crippen LogP contribution in [0.15, 0.2) is 35.5 Å². The molecule has 2 aromatic rings. The quantitative estimate of drug-likeness (QED) is 0.700. The molecule has 2 heterocycles. The van der Waals surface area contributed by atoms with Crippen LogP contribution in [0.5, 0.6) is 11.5 Å². The van der Waals surface area contributed by atoms with E-state index in [4.69, 9.17) is 16.3 Å². The minimum Gasteiger partial charge on any atom is -0.493 e. The molecule has 0 unspecified atom stereocenters. The zero-order chi connectivity index (χ0) is 20.3. The SMILES string of the molecule is COc1cc(NC(=O)CSC2=Nc3cnc(Cl)cc3C2)ccc1OC(F)(F)F. The number of amides is 1. The summed E-state index contributed by atoms with van der Waals surface area (Å²) in [7, 11) is 1.21. The number of aromatic nitrogens is 1. The highest BCUT2D eigenvalue weighted by molar-refractivity contribution is 8.14. The van der Waals surface area contributed by atoms with Crippen molar-refractivity contribution in [3.8, 4) is 11.5 Å². The van der Waals surface area contributed by atoms with E-state index < -0.39 is 12.1 Å². The maximum atomic E-state index is 12.4. The van der Waals surface area contributed by atoms with Gasteiger partial charge in [0.1, 0.15) is 5.15 Å². The fourth-order valence-electron chi connectivity index (χ4n) is 2.42. The first-order valence-electron chi connectivity index (χ1n) is 7.82. The maximum Gasteiger partial charge on any atom is 0.573 e. The molecule has 1 aromatic heterocycles. The van der Waals surface area contributed by atoms with Crippen LogP contribution in [-0.2, 0) is 11.2 Å². The molecule has 1 aliphatic rings. The standard InChI is InChI=1S/C17H13ClF3N3O3S/c1-26-13-6-10(2-3-12(13)27-17(19,20)21)23-15(25)8-28-16-5-9-4-14(18)22-7-11(9)24-16/h2-4,6-7H,5,8H2,1H3,(H,23,25). The minimum atomic E-state index is -4.84. The molecule has 1 amide bonds. The molecule has 3 rings (SSSR count). The number of fused-ring (bicyclic) bond motifs is 1. The summed E-state index contributed by atoms with van der Waals surface area (Å²) < 4.78 is 45.8. The van der Waals surface area contributed by atoms with Crippen LogP contribution in [0, 0.1) is 0 Å².